The van der Waals surface area contributed by atoms with Crippen LogP contribution >= 0.6 is 24.0 Å². The number of rotatable bonds is 7. The molecule has 0 aliphatic carbocycles. The number of carbonyl (C=O) groups excluding carboxylic acids is 2. The van der Waals surface area contributed by atoms with Gasteiger partial charge in [-0.15, -0.1) is 0 Å². The van der Waals surface area contributed by atoms with Crippen molar-refractivity contribution in [3.05, 3.63) is 76.3 Å². The lowest BCUT2D eigenvalue weighted by Crippen LogP contribution is -2.43. The van der Waals surface area contributed by atoms with Crippen LogP contribution in [0.25, 0.3) is 17.0 Å². The Balaban J connectivity index is 1.42. The highest BCUT2D eigenvalue weighted by Gasteiger charge is 2.32. The molecule has 2 amide bonds. The monoisotopic (exact) mass is 531 g/mol. The third-order valence-electron chi connectivity index (χ3n) is 7.45. The molecule has 0 saturated carbocycles. The van der Waals surface area contributed by atoms with E-state index < -0.39 is 0 Å². The molecular weight excluding hydrogens is 498 g/mol. The fourth-order valence-corrected chi connectivity index (χ4v) is 6.71. The number of likely N-dealkylation sites (tertiary alicyclic amines) is 1. The van der Waals surface area contributed by atoms with Crippen LogP contribution in [0.15, 0.2) is 59.6 Å². The lowest BCUT2D eigenvalue weighted by atomic mass is 10.0. The van der Waals surface area contributed by atoms with E-state index in [4.69, 9.17) is 12.2 Å². The van der Waals surface area contributed by atoms with Gasteiger partial charge in [-0.3, -0.25) is 14.5 Å². The van der Waals surface area contributed by atoms with Gasteiger partial charge < -0.3 is 9.47 Å². The number of fused-ring (bicyclic) bond motifs is 1. The van der Waals surface area contributed by atoms with E-state index in [-0.39, 0.29) is 17.9 Å². The van der Waals surface area contributed by atoms with Crippen LogP contribution in [0.2, 0.25) is 0 Å². The molecular formula is C30H33N3O2S2. The Hall–Kier alpha value is -2.90. The summed E-state index contributed by atoms with van der Waals surface area (Å²) in [5.41, 5.74) is 4.41. The zero-order valence-electron chi connectivity index (χ0n) is 21.5. The number of nitrogens with zero attached hydrogens (tertiary/aromatic N) is 3. The predicted octanol–water partition coefficient (Wildman–Crippen LogP) is 6.05. The van der Waals surface area contributed by atoms with Crippen LogP contribution in [0.3, 0.4) is 0 Å². The number of hydrogen-bond acceptors (Lipinski definition) is 4. The van der Waals surface area contributed by atoms with Gasteiger partial charge in [0, 0.05) is 36.3 Å². The molecule has 2 saturated heterocycles. The zero-order valence-corrected chi connectivity index (χ0v) is 23.1. The normalized spacial score (nSPS) is 19.4. The third-order valence-corrected chi connectivity index (χ3v) is 8.83. The van der Waals surface area contributed by atoms with Gasteiger partial charge >= 0.3 is 0 Å². The Morgan fingerprint density at radius 3 is 2.70 bits per heavy atom. The molecule has 192 valence electrons. The molecule has 2 aromatic carbocycles. The van der Waals surface area contributed by atoms with Gasteiger partial charge in [0.05, 0.1) is 10.4 Å². The Morgan fingerprint density at radius 2 is 1.95 bits per heavy atom. The average Bonchev–Trinajstić information content (AvgIpc) is 3.39. The Bertz CT molecular complexity index is 1360. The van der Waals surface area contributed by atoms with Crippen LogP contribution in [0.4, 0.5) is 0 Å². The first kappa shape index (κ1) is 25.7. The van der Waals surface area contributed by atoms with Crippen molar-refractivity contribution in [3.63, 3.8) is 0 Å². The second-order valence-electron chi connectivity index (χ2n) is 9.88. The number of aryl methyl sites for hydroxylation is 1. The van der Waals surface area contributed by atoms with E-state index in [9.17, 15) is 9.59 Å². The minimum Gasteiger partial charge on any atom is -0.338 e. The molecule has 2 fully saturated rings. The van der Waals surface area contributed by atoms with Gasteiger partial charge in [-0.05, 0) is 56.2 Å². The highest BCUT2D eigenvalue weighted by molar-refractivity contribution is 8.26. The van der Waals surface area contributed by atoms with Crippen LogP contribution in [0.5, 0.6) is 0 Å². The van der Waals surface area contributed by atoms with E-state index >= 15 is 0 Å². The molecule has 37 heavy (non-hydrogen) atoms. The van der Waals surface area contributed by atoms with E-state index in [0.717, 1.165) is 48.7 Å². The van der Waals surface area contributed by atoms with Gasteiger partial charge in [0.15, 0.2) is 0 Å². The maximum atomic E-state index is 13.3. The lowest BCUT2D eigenvalue weighted by molar-refractivity contribution is -0.135. The fraction of sp³-hybridized carbons (Fsp3) is 0.367. The molecule has 0 unspecified atom stereocenters. The van der Waals surface area contributed by atoms with Crippen LogP contribution in [0.1, 0.15) is 49.8 Å². The van der Waals surface area contributed by atoms with Crippen molar-refractivity contribution < 1.29 is 9.59 Å². The molecule has 7 heteroatoms. The minimum atomic E-state index is -0.0447. The fourth-order valence-electron chi connectivity index (χ4n) is 5.42. The summed E-state index contributed by atoms with van der Waals surface area (Å²) in [6.45, 7) is 5.99. The molecule has 3 aromatic rings. The highest BCUT2D eigenvalue weighted by Crippen LogP contribution is 2.35. The lowest BCUT2D eigenvalue weighted by Gasteiger charge is -2.33. The maximum Gasteiger partial charge on any atom is 0.266 e. The largest absolute Gasteiger partial charge is 0.338 e. The number of thiocarbonyl (C=S) groups is 1. The summed E-state index contributed by atoms with van der Waals surface area (Å²) >= 11 is 6.94. The summed E-state index contributed by atoms with van der Waals surface area (Å²) < 4.78 is 2.68. The van der Waals surface area contributed by atoms with Crippen molar-refractivity contribution in [2.24, 2.45) is 0 Å². The summed E-state index contributed by atoms with van der Waals surface area (Å²) in [5.74, 6) is 0.116. The van der Waals surface area contributed by atoms with E-state index in [1.54, 1.807) is 4.90 Å². The van der Waals surface area contributed by atoms with Gasteiger partial charge in [0.25, 0.3) is 5.91 Å². The van der Waals surface area contributed by atoms with Crippen LogP contribution < -0.4 is 0 Å². The quantitative estimate of drug-likeness (QED) is 0.275. The molecule has 0 spiro atoms. The number of para-hydroxylation sites is 1. The van der Waals surface area contributed by atoms with Gasteiger partial charge in [-0.1, -0.05) is 79.4 Å². The number of aromatic nitrogens is 1. The topological polar surface area (TPSA) is 45.6 Å². The third kappa shape index (κ3) is 5.39. The van der Waals surface area contributed by atoms with Crippen LogP contribution in [-0.2, 0) is 29.0 Å². The first-order valence-electron chi connectivity index (χ1n) is 13.2. The smallest absolute Gasteiger partial charge is 0.266 e. The molecule has 1 aromatic heterocycles. The van der Waals surface area contributed by atoms with Crippen molar-refractivity contribution in [1.29, 1.82) is 0 Å². The van der Waals surface area contributed by atoms with Crippen molar-refractivity contribution in [2.45, 2.75) is 58.5 Å². The molecule has 0 N–H and O–H groups in total. The highest BCUT2D eigenvalue weighted by atomic mass is 32.2. The predicted molar refractivity (Wildman–Crippen MR) is 156 cm³/mol. The molecule has 1 atom stereocenters. The first-order chi connectivity index (χ1) is 18.0. The molecule has 5 rings (SSSR count). The number of amides is 2. The second-order valence-corrected chi connectivity index (χ2v) is 11.6. The molecule has 2 aliphatic heterocycles. The summed E-state index contributed by atoms with van der Waals surface area (Å²) in [6.07, 6.45) is 8.94. The van der Waals surface area contributed by atoms with E-state index in [1.165, 1.54) is 29.3 Å². The summed E-state index contributed by atoms with van der Waals surface area (Å²) in [5, 5.41) is 1.06. The number of carbonyl (C=O) groups is 2. The SMILES string of the molecule is CCc1cccc2c(/C=C3\SC(=S)N(CCc4ccccc4)C3=O)cn(CC(=O)N3CCCC[C@@H]3C)c12. The molecule has 2 aliphatic rings. The van der Waals surface area contributed by atoms with Gasteiger partial charge in [-0.2, -0.15) is 0 Å². The summed E-state index contributed by atoms with van der Waals surface area (Å²) in [6, 6.07) is 16.7. The van der Waals surface area contributed by atoms with Crippen molar-refractivity contribution in [2.75, 3.05) is 13.1 Å². The zero-order chi connectivity index (χ0) is 25.9. The average molecular weight is 532 g/mol. The number of thioether (sulfide) groups is 1. The molecule has 5 nitrogen and oxygen atoms in total. The summed E-state index contributed by atoms with van der Waals surface area (Å²) in [4.78, 5) is 31.0. The number of benzene rings is 2. The maximum absolute atomic E-state index is 13.3. The first-order valence-corrected chi connectivity index (χ1v) is 14.4. The van der Waals surface area contributed by atoms with Crippen LogP contribution in [0, 0.1) is 0 Å². The number of hydrogen-bond donors (Lipinski definition) is 0. The molecule has 0 radical (unpaired) electrons. The second kappa shape index (κ2) is 11.2. The Labute approximate surface area is 228 Å². The van der Waals surface area contributed by atoms with Gasteiger partial charge in [0.2, 0.25) is 5.91 Å². The summed E-state index contributed by atoms with van der Waals surface area (Å²) in [7, 11) is 0. The Kier molecular flexibility index (Phi) is 7.81. The Morgan fingerprint density at radius 1 is 1.14 bits per heavy atom. The van der Waals surface area contributed by atoms with Crippen LogP contribution in [-0.4, -0.2) is 49.6 Å². The number of piperidine rings is 1. The van der Waals surface area contributed by atoms with Crippen molar-refractivity contribution >= 4 is 57.1 Å². The standard InChI is InChI=1S/C30H33N3O2S2/c1-3-23-13-9-14-25-24(19-31(28(23)25)20-27(34)32-16-8-7-10-21(32)2)18-26-29(35)33(30(36)37-26)17-15-22-11-5-4-6-12-22/h4-6,9,11-14,18-19,21H,3,7-8,10,15-17,20H2,1-2H3/b26-18-/t21-/m0/s1. The van der Waals surface area contributed by atoms with Crippen molar-refractivity contribution in [3.8, 4) is 0 Å². The van der Waals surface area contributed by atoms with Crippen molar-refractivity contribution in [1.82, 2.24) is 14.4 Å². The minimum absolute atomic E-state index is 0.0447. The van der Waals surface area contributed by atoms with Gasteiger partial charge in [-0.25, -0.2) is 0 Å². The molecule has 0 bridgehead atoms. The molecule has 3 heterocycles. The van der Waals surface area contributed by atoms with Gasteiger partial charge in [0.1, 0.15) is 10.9 Å². The van der Waals surface area contributed by atoms with E-state index in [1.807, 2.05) is 35.4 Å². The van der Waals surface area contributed by atoms with E-state index in [0.29, 0.717) is 22.3 Å². The van der Waals surface area contributed by atoms with E-state index in [2.05, 4.69) is 48.7 Å².